The van der Waals surface area contributed by atoms with Crippen molar-refractivity contribution in [2.45, 2.75) is 33.2 Å². The van der Waals surface area contributed by atoms with E-state index in [-0.39, 0.29) is 0 Å². The smallest absolute Gasteiger partial charge is 0.0748 e. The largest absolute Gasteiger partial charge is 0.399 e. The summed E-state index contributed by atoms with van der Waals surface area (Å²) in [6.45, 7) is 7.31. The van der Waals surface area contributed by atoms with E-state index in [1.54, 1.807) is 12.1 Å². The third kappa shape index (κ3) is 2.96. The molecule has 0 spiro atoms. The lowest BCUT2D eigenvalue weighted by molar-refractivity contribution is 0.671. The van der Waals surface area contributed by atoms with Crippen LogP contribution in [0.4, 0.5) is 11.4 Å². The molecule has 90 valence electrons. The summed E-state index contributed by atoms with van der Waals surface area (Å²) in [4.78, 5) is 2.20. The highest BCUT2D eigenvalue weighted by Crippen LogP contribution is 2.36. The van der Waals surface area contributed by atoms with Gasteiger partial charge in [0.05, 0.1) is 15.7 Å². The van der Waals surface area contributed by atoms with Crippen LogP contribution in [-0.2, 0) is 0 Å². The van der Waals surface area contributed by atoms with Gasteiger partial charge in [-0.15, -0.1) is 0 Å². The van der Waals surface area contributed by atoms with Gasteiger partial charge in [-0.3, -0.25) is 0 Å². The lowest BCUT2D eigenvalue weighted by Gasteiger charge is -2.30. The first-order chi connectivity index (χ1) is 7.47. The number of halogens is 2. The summed E-state index contributed by atoms with van der Waals surface area (Å²) >= 11 is 12.4. The molecular formula is C12H18Cl2N2. The Morgan fingerprint density at radius 1 is 1.25 bits per heavy atom. The topological polar surface area (TPSA) is 29.3 Å². The molecule has 0 aliphatic rings. The third-order valence-corrected chi connectivity index (χ3v) is 2.99. The Bertz CT molecular complexity index is 341. The molecule has 0 atom stereocenters. The predicted octanol–water partition coefficient (Wildman–Crippen LogP) is 4.20. The van der Waals surface area contributed by atoms with Crippen molar-refractivity contribution in [2.24, 2.45) is 0 Å². The quantitative estimate of drug-likeness (QED) is 0.823. The minimum atomic E-state index is 0.360. The number of nitrogen functional groups attached to an aromatic ring is 1. The van der Waals surface area contributed by atoms with E-state index in [0.29, 0.717) is 21.8 Å². The van der Waals surface area contributed by atoms with Gasteiger partial charge < -0.3 is 10.6 Å². The second-order valence-electron chi connectivity index (χ2n) is 4.12. The van der Waals surface area contributed by atoms with Crippen molar-refractivity contribution in [1.82, 2.24) is 0 Å². The first kappa shape index (κ1) is 13.5. The monoisotopic (exact) mass is 260 g/mol. The van der Waals surface area contributed by atoms with Crippen molar-refractivity contribution in [2.75, 3.05) is 17.2 Å². The van der Waals surface area contributed by atoms with Crippen LogP contribution >= 0.6 is 23.2 Å². The van der Waals surface area contributed by atoms with Gasteiger partial charge in [-0.05, 0) is 32.4 Å². The van der Waals surface area contributed by atoms with E-state index in [0.717, 1.165) is 18.7 Å². The number of benzene rings is 1. The van der Waals surface area contributed by atoms with Crippen molar-refractivity contribution in [3.63, 3.8) is 0 Å². The van der Waals surface area contributed by atoms with Crippen LogP contribution in [0.25, 0.3) is 0 Å². The second-order valence-corrected chi connectivity index (χ2v) is 4.93. The lowest BCUT2D eigenvalue weighted by atomic mass is 10.2. The van der Waals surface area contributed by atoms with Gasteiger partial charge in [-0.1, -0.05) is 30.1 Å². The fourth-order valence-electron chi connectivity index (χ4n) is 1.73. The maximum atomic E-state index is 6.20. The molecule has 0 aliphatic heterocycles. The number of hydrogen-bond donors (Lipinski definition) is 1. The van der Waals surface area contributed by atoms with Crippen LogP contribution in [-0.4, -0.2) is 12.6 Å². The summed E-state index contributed by atoms with van der Waals surface area (Å²) in [5.74, 6) is 0. The Morgan fingerprint density at radius 2 is 1.75 bits per heavy atom. The van der Waals surface area contributed by atoms with Crippen LogP contribution in [0.15, 0.2) is 12.1 Å². The van der Waals surface area contributed by atoms with E-state index >= 15 is 0 Å². The van der Waals surface area contributed by atoms with E-state index < -0.39 is 0 Å². The van der Waals surface area contributed by atoms with Crippen molar-refractivity contribution in [1.29, 1.82) is 0 Å². The number of rotatable bonds is 4. The van der Waals surface area contributed by atoms with E-state index in [1.165, 1.54) is 0 Å². The maximum Gasteiger partial charge on any atom is 0.0748 e. The average molecular weight is 261 g/mol. The van der Waals surface area contributed by atoms with Crippen molar-refractivity contribution in [3.05, 3.63) is 22.2 Å². The molecule has 0 fully saturated rings. The van der Waals surface area contributed by atoms with Crippen LogP contribution in [0, 0.1) is 0 Å². The zero-order chi connectivity index (χ0) is 12.3. The molecule has 1 aromatic carbocycles. The molecule has 2 nitrogen and oxygen atoms in total. The molecule has 2 N–H and O–H groups in total. The first-order valence-corrected chi connectivity index (χ1v) is 6.24. The van der Waals surface area contributed by atoms with Gasteiger partial charge in [-0.2, -0.15) is 0 Å². The molecule has 16 heavy (non-hydrogen) atoms. The van der Waals surface area contributed by atoms with Gasteiger partial charge in [0, 0.05) is 18.3 Å². The minimum Gasteiger partial charge on any atom is -0.399 e. The second kappa shape index (κ2) is 5.65. The van der Waals surface area contributed by atoms with Gasteiger partial charge in [-0.25, -0.2) is 0 Å². The highest BCUT2D eigenvalue weighted by molar-refractivity contribution is 6.39. The fourth-order valence-corrected chi connectivity index (χ4v) is 2.45. The van der Waals surface area contributed by atoms with Crippen LogP contribution < -0.4 is 10.6 Å². The van der Waals surface area contributed by atoms with Crippen LogP contribution in [0.1, 0.15) is 27.2 Å². The normalized spacial score (nSPS) is 10.9. The van der Waals surface area contributed by atoms with Crippen molar-refractivity contribution in [3.8, 4) is 0 Å². The Balaban J connectivity index is 3.18. The standard InChI is InChI=1S/C12H18Cl2N2/c1-4-5-16(8(2)3)12-10(13)6-9(15)7-11(12)14/h6-8H,4-5,15H2,1-3H3. The highest BCUT2D eigenvalue weighted by Gasteiger charge is 2.17. The Morgan fingerprint density at radius 3 is 2.12 bits per heavy atom. The molecule has 4 heteroatoms. The molecule has 0 aliphatic carbocycles. The summed E-state index contributed by atoms with van der Waals surface area (Å²) in [5, 5.41) is 1.24. The van der Waals surface area contributed by atoms with E-state index in [1.807, 2.05) is 0 Å². The van der Waals surface area contributed by atoms with Gasteiger partial charge in [0.1, 0.15) is 0 Å². The van der Waals surface area contributed by atoms with Gasteiger partial charge in [0.15, 0.2) is 0 Å². The van der Waals surface area contributed by atoms with E-state index in [2.05, 4.69) is 25.7 Å². The predicted molar refractivity (Wildman–Crippen MR) is 73.6 cm³/mol. The summed E-state index contributed by atoms with van der Waals surface area (Å²) in [6, 6.07) is 3.85. The Hall–Kier alpha value is -0.600. The molecule has 0 saturated heterocycles. The van der Waals surface area contributed by atoms with E-state index in [4.69, 9.17) is 28.9 Å². The molecule has 0 radical (unpaired) electrons. The maximum absolute atomic E-state index is 6.20. The Kier molecular flexibility index (Phi) is 4.75. The molecule has 0 unspecified atom stereocenters. The fraction of sp³-hybridized carbons (Fsp3) is 0.500. The van der Waals surface area contributed by atoms with Crippen LogP contribution in [0.3, 0.4) is 0 Å². The summed E-state index contributed by atoms with van der Waals surface area (Å²) in [5.41, 5.74) is 7.17. The van der Waals surface area contributed by atoms with Crippen molar-refractivity contribution >= 4 is 34.6 Å². The number of anilines is 2. The average Bonchev–Trinajstić information content (AvgIpc) is 2.14. The van der Waals surface area contributed by atoms with Crippen LogP contribution in [0.5, 0.6) is 0 Å². The molecule has 0 heterocycles. The Labute approximate surface area is 107 Å². The molecule has 0 amide bonds. The molecular weight excluding hydrogens is 243 g/mol. The van der Waals surface area contributed by atoms with Gasteiger partial charge in [0.25, 0.3) is 0 Å². The number of nitrogens with zero attached hydrogens (tertiary/aromatic N) is 1. The minimum absolute atomic E-state index is 0.360. The SMILES string of the molecule is CCCN(c1c(Cl)cc(N)cc1Cl)C(C)C. The zero-order valence-electron chi connectivity index (χ0n) is 9.93. The van der Waals surface area contributed by atoms with Gasteiger partial charge in [0.2, 0.25) is 0 Å². The molecule has 1 rings (SSSR count). The summed E-state index contributed by atoms with van der Waals surface area (Å²) in [6.07, 6.45) is 1.05. The third-order valence-electron chi connectivity index (χ3n) is 2.41. The molecule has 0 saturated carbocycles. The lowest BCUT2D eigenvalue weighted by Crippen LogP contribution is -2.32. The molecule has 1 aromatic rings. The van der Waals surface area contributed by atoms with Gasteiger partial charge >= 0.3 is 0 Å². The number of hydrogen-bond acceptors (Lipinski definition) is 2. The van der Waals surface area contributed by atoms with Crippen molar-refractivity contribution < 1.29 is 0 Å². The highest BCUT2D eigenvalue weighted by atomic mass is 35.5. The summed E-state index contributed by atoms with van der Waals surface area (Å²) in [7, 11) is 0. The zero-order valence-corrected chi connectivity index (χ0v) is 11.4. The first-order valence-electron chi connectivity index (χ1n) is 5.48. The van der Waals surface area contributed by atoms with Crippen LogP contribution in [0.2, 0.25) is 10.0 Å². The number of nitrogens with two attached hydrogens (primary N) is 1. The molecule has 0 aromatic heterocycles. The van der Waals surface area contributed by atoms with E-state index in [9.17, 15) is 0 Å². The molecule has 0 bridgehead atoms. The summed E-state index contributed by atoms with van der Waals surface area (Å²) < 4.78 is 0.